The van der Waals surface area contributed by atoms with Crippen molar-refractivity contribution in [3.05, 3.63) is 38.4 Å². The van der Waals surface area contributed by atoms with Gasteiger partial charge >= 0.3 is 5.97 Å². The normalized spacial score (nSPS) is 12.2. The van der Waals surface area contributed by atoms with Crippen molar-refractivity contribution < 1.29 is 19.9 Å². The number of carboxylic acid groups (broad SMARTS) is 1. The van der Waals surface area contributed by atoms with Crippen molar-refractivity contribution in [3.8, 4) is 0 Å². The summed E-state index contributed by atoms with van der Waals surface area (Å²) in [6.45, 7) is 1.47. The van der Waals surface area contributed by atoms with Crippen LogP contribution in [0, 0.1) is 17.0 Å². The Morgan fingerprint density at radius 3 is 2.56 bits per heavy atom. The Balaban J connectivity index is 3.40. The molecule has 7 heteroatoms. The summed E-state index contributed by atoms with van der Waals surface area (Å²) >= 11 is 5.68. The average Bonchev–Trinajstić information content (AvgIpc) is 2.16. The number of aliphatic hydroxyl groups excluding tert-OH is 1. The van der Waals surface area contributed by atoms with Gasteiger partial charge in [-0.05, 0) is 6.92 Å². The van der Waals surface area contributed by atoms with E-state index in [0.29, 0.717) is 5.56 Å². The highest BCUT2D eigenvalue weighted by Gasteiger charge is 2.26. The van der Waals surface area contributed by atoms with Crippen LogP contribution in [0.2, 0.25) is 5.02 Å². The number of carbonyl (C=O) groups is 1. The molecular formula is C9H8ClNO5. The maximum atomic E-state index is 10.7. The molecule has 1 aromatic carbocycles. The van der Waals surface area contributed by atoms with Crippen molar-refractivity contribution in [2.24, 2.45) is 0 Å². The Morgan fingerprint density at radius 2 is 2.12 bits per heavy atom. The van der Waals surface area contributed by atoms with E-state index in [1.807, 2.05) is 0 Å². The topological polar surface area (TPSA) is 101 Å². The lowest BCUT2D eigenvalue weighted by atomic mass is 10.1. The minimum absolute atomic E-state index is 0.188. The SMILES string of the molecule is Cc1ccc(C(O)C(=O)O)c(Cl)c1[N+](=O)[O-]. The monoisotopic (exact) mass is 245 g/mol. The van der Waals surface area contributed by atoms with Gasteiger partial charge in [-0.15, -0.1) is 0 Å². The van der Waals surface area contributed by atoms with Gasteiger partial charge in [-0.1, -0.05) is 23.7 Å². The molecule has 1 rings (SSSR count). The van der Waals surface area contributed by atoms with Crippen molar-refractivity contribution in [3.63, 3.8) is 0 Å². The van der Waals surface area contributed by atoms with Crippen LogP contribution < -0.4 is 0 Å². The molecular weight excluding hydrogens is 238 g/mol. The zero-order chi connectivity index (χ0) is 12.5. The largest absolute Gasteiger partial charge is 0.479 e. The lowest BCUT2D eigenvalue weighted by Gasteiger charge is -2.09. The molecule has 0 heterocycles. The molecule has 2 N–H and O–H groups in total. The van der Waals surface area contributed by atoms with E-state index in [1.165, 1.54) is 19.1 Å². The Hall–Kier alpha value is -1.66. The van der Waals surface area contributed by atoms with E-state index in [2.05, 4.69) is 0 Å². The van der Waals surface area contributed by atoms with Crippen LogP contribution in [-0.4, -0.2) is 21.1 Å². The minimum Gasteiger partial charge on any atom is -0.479 e. The molecule has 1 atom stereocenters. The fourth-order valence-corrected chi connectivity index (χ4v) is 1.63. The van der Waals surface area contributed by atoms with E-state index < -0.39 is 17.0 Å². The van der Waals surface area contributed by atoms with Gasteiger partial charge in [0, 0.05) is 11.1 Å². The van der Waals surface area contributed by atoms with Gasteiger partial charge in [-0.3, -0.25) is 10.1 Å². The summed E-state index contributed by atoms with van der Waals surface area (Å²) in [7, 11) is 0. The Bertz CT molecular complexity index is 459. The van der Waals surface area contributed by atoms with Gasteiger partial charge < -0.3 is 10.2 Å². The van der Waals surface area contributed by atoms with Crippen LogP contribution in [-0.2, 0) is 4.79 Å². The average molecular weight is 246 g/mol. The molecule has 0 spiro atoms. The summed E-state index contributed by atoms with van der Waals surface area (Å²) in [5.41, 5.74) is -0.276. The van der Waals surface area contributed by atoms with Gasteiger partial charge in [0.1, 0.15) is 5.02 Å². The van der Waals surface area contributed by atoms with E-state index in [-0.39, 0.29) is 16.3 Å². The van der Waals surface area contributed by atoms with Crippen molar-refractivity contribution in [2.45, 2.75) is 13.0 Å². The maximum absolute atomic E-state index is 10.7. The smallest absolute Gasteiger partial charge is 0.337 e. The number of carboxylic acids is 1. The minimum atomic E-state index is -1.87. The first-order valence-electron chi connectivity index (χ1n) is 4.20. The maximum Gasteiger partial charge on any atom is 0.337 e. The highest BCUT2D eigenvalue weighted by atomic mass is 35.5. The lowest BCUT2D eigenvalue weighted by molar-refractivity contribution is -0.385. The number of benzene rings is 1. The van der Waals surface area contributed by atoms with Crippen LogP contribution in [0.4, 0.5) is 5.69 Å². The zero-order valence-electron chi connectivity index (χ0n) is 8.18. The molecule has 0 aliphatic rings. The first-order valence-corrected chi connectivity index (χ1v) is 4.58. The number of hydrogen-bond donors (Lipinski definition) is 2. The van der Waals surface area contributed by atoms with E-state index in [4.69, 9.17) is 16.7 Å². The third kappa shape index (κ3) is 2.12. The molecule has 0 saturated carbocycles. The second-order valence-electron chi connectivity index (χ2n) is 3.13. The number of rotatable bonds is 3. The molecule has 86 valence electrons. The number of aliphatic carboxylic acids is 1. The number of nitrogens with zero attached hydrogens (tertiary/aromatic N) is 1. The highest BCUT2D eigenvalue weighted by molar-refractivity contribution is 6.33. The summed E-state index contributed by atoms with van der Waals surface area (Å²) in [5.74, 6) is -1.51. The first kappa shape index (κ1) is 12.4. The molecule has 0 bridgehead atoms. The van der Waals surface area contributed by atoms with Crippen LogP contribution in [0.25, 0.3) is 0 Å². The van der Waals surface area contributed by atoms with Crippen LogP contribution in [0.3, 0.4) is 0 Å². The molecule has 0 radical (unpaired) electrons. The molecule has 0 aliphatic carbocycles. The number of aliphatic hydroxyl groups is 1. The van der Waals surface area contributed by atoms with E-state index in [0.717, 1.165) is 0 Å². The van der Waals surface area contributed by atoms with Crippen molar-refractivity contribution in [1.29, 1.82) is 0 Å². The molecule has 6 nitrogen and oxygen atoms in total. The van der Waals surface area contributed by atoms with E-state index >= 15 is 0 Å². The third-order valence-electron chi connectivity index (χ3n) is 2.06. The fourth-order valence-electron chi connectivity index (χ4n) is 1.25. The number of aryl methyl sites for hydroxylation is 1. The molecule has 0 aromatic heterocycles. The van der Waals surface area contributed by atoms with Gasteiger partial charge in [0.05, 0.1) is 4.92 Å². The Morgan fingerprint density at radius 1 is 1.56 bits per heavy atom. The zero-order valence-corrected chi connectivity index (χ0v) is 8.93. The van der Waals surface area contributed by atoms with Gasteiger partial charge in [0.25, 0.3) is 5.69 Å². The predicted octanol–water partition coefficient (Wildman–Crippen LogP) is 1.67. The number of nitro benzene ring substituents is 1. The number of hydrogen-bond acceptors (Lipinski definition) is 4. The predicted molar refractivity (Wildman–Crippen MR) is 55.4 cm³/mol. The second-order valence-corrected chi connectivity index (χ2v) is 3.51. The molecule has 16 heavy (non-hydrogen) atoms. The Kier molecular flexibility index (Phi) is 3.46. The molecule has 0 saturated heterocycles. The summed E-state index contributed by atoms with van der Waals surface area (Å²) in [6.07, 6.45) is -1.87. The summed E-state index contributed by atoms with van der Waals surface area (Å²) in [4.78, 5) is 20.5. The summed E-state index contributed by atoms with van der Waals surface area (Å²) in [6, 6.07) is 2.59. The standard InChI is InChI=1S/C9H8ClNO5/c1-4-2-3-5(8(12)9(13)14)6(10)7(4)11(15)16/h2-3,8,12H,1H3,(H,13,14). The molecule has 1 aromatic rings. The van der Waals surface area contributed by atoms with Crippen LogP contribution >= 0.6 is 11.6 Å². The van der Waals surface area contributed by atoms with Crippen LogP contribution in [0.5, 0.6) is 0 Å². The molecule has 0 amide bonds. The molecule has 0 fully saturated rings. The van der Waals surface area contributed by atoms with Crippen molar-refractivity contribution in [2.75, 3.05) is 0 Å². The van der Waals surface area contributed by atoms with Gasteiger partial charge in [0.2, 0.25) is 0 Å². The Labute approximate surface area is 95.2 Å². The second kappa shape index (κ2) is 4.46. The quantitative estimate of drug-likeness (QED) is 0.623. The van der Waals surface area contributed by atoms with Crippen molar-refractivity contribution >= 4 is 23.3 Å². The molecule has 0 aliphatic heterocycles. The van der Waals surface area contributed by atoms with Crippen LogP contribution in [0.1, 0.15) is 17.2 Å². The third-order valence-corrected chi connectivity index (χ3v) is 2.46. The number of halogens is 1. The summed E-state index contributed by atoms with van der Waals surface area (Å²) in [5, 5.41) is 28.2. The van der Waals surface area contributed by atoms with E-state index in [1.54, 1.807) is 0 Å². The van der Waals surface area contributed by atoms with Crippen LogP contribution in [0.15, 0.2) is 12.1 Å². The summed E-state index contributed by atoms with van der Waals surface area (Å²) < 4.78 is 0. The van der Waals surface area contributed by atoms with Gasteiger partial charge in [-0.25, -0.2) is 4.79 Å². The van der Waals surface area contributed by atoms with Gasteiger partial charge in [0.15, 0.2) is 6.10 Å². The number of nitro groups is 1. The lowest BCUT2D eigenvalue weighted by Crippen LogP contribution is -2.11. The van der Waals surface area contributed by atoms with Gasteiger partial charge in [-0.2, -0.15) is 0 Å². The fraction of sp³-hybridized carbons (Fsp3) is 0.222. The van der Waals surface area contributed by atoms with Crippen molar-refractivity contribution in [1.82, 2.24) is 0 Å². The first-order chi connectivity index (χ1) is 7.36. The highest BCUT2D eigenvalue weighted by Crippen LogP contribution is 2.34. The van der Waals surface area contributed by atoms with E-state index in [9.17, 15) is 20.0 Å². The molecule has 1 unspecified atom stereocenters.